The zero-order chi connectivity index (χ0) is 20.4. The average molecular weight is 448 g/mol. The molecule has 0 spiro atoms. The number of nitrogens with one attached hydrogen (secondary N) is 1. The van der Waals surface area contributed by atoms with E-state index in [4.69, 9.17) is 9.47 Å². The van der Waals surface area contributed by atoms with Gasteiger partial charge in [-0.05, 0) is 52.7 Å². The van der Waals surface area contributed by atoms with E-state index in [0.29, 0.717) is 40.3 Å². The summed E-state index contributed by atoms with van der Waals surface area (Å²) in [4.78, 5) is 23.9. The molecule has 0 aliphatic rings. The van der Waals surface area contributed by atoms with Crippen molar-refractivity contribution in [2.75, 3.05) is 11.9 Å². The molecule has 0 aliphatic carbocycles. The Morgan fingerprint density at radius 2 is 1.86 bits per heavy atom. The fourth-order valence-corrected chi connectivity index (χ4v) is 3.00. The van der Waals surface area contributed by atoms with Gasteiger partial charge in [0.25, 0.3) is 0 Å². The van der Waals surface area contributed by atoms with E-state index in [-0.39, 0.29) is 5.91 Å². The minimum absolute atomic E-state index is 0.0994. The fraction of sp³-hybridized carbons (Fsp3) is 0.364. The number of halogens is 1. The number of rotatable bonds is 10. The topological polar surface area (TPSA) is 64.6 Å². The van der Waals surface area contributed by atoms with Gasteiger partial charge in [0.1, 0.15) is 11.5 Å². The molecular weight excluding hydrogens is 422 g/mol. The monoisotopic (exact) mass is 447 g/mol. The fourth-order valence-electron chi connectivity index (χ4n) is 2.51. The van der Waals surface area contributed by atoms with E-state index in [9.17, 15) is 9.59 Å². The first-order chi connectivity index (χ1) is 13.5. The quantitative estimate of drug-likeness (QED) is 0.276. The third-order valence-electron chi connectivity index (χ3n) is 4.07. The van der Waals surface area contributed by atoms with Crippen molar-refractivity contribution in [1.82, 2.24) is 0 Å². The molecule has 0 aliphatic heterocycles. The van der Waals surface area contributed by atoms with Crippen LogP contribution in [0.1, 0.15) is 56.3 Å². The van der Waals surface area contributed by atoms with Gasteiger partial charge in [-0.3, -0.25) is 4.79 Å². The van der Waals surface area contributed by atoms with Crippen LogP contribution in [-0.4, -0.2) is 18.5 Å². The number of benzene rings is 2. The van der Waals surface area contributed by atoms with Crippen molar-refractivity contribution < 1.29 is 19.1 Å². The van der Waals surface area contributed by atoms with Crippen LogP contribution in [0.3, 0.4) is 0 Å². The molecule has 1 amide bonds. The first-order valence-corrected chi connectivity index (χ1v) is 10.4. The van der Waals surface area contributed by atoms with Crippen LogP contribution in [0.4, 0.5) is 5.69 Å². The van der Waals surface area contributed by atoms with Crippen molar-refractivity contribution in [2.45, 2.75) is 46.0 Å². The predicted molar refractivity (Wildman–Crippen MR) is 114 cm³/mol. The Morgan fingerprint density at radius 3 is 2.57 bits per heavy atom. The van der Waals surface area contributed by atoms with Crippen LogP contribution in [0.25, 0.3) is 0 Å². The lowest BCUT2D eigenvalue weighted by Gasteiger charge is -2.10. The molecular formula is C22H26BrNO4. The molecule has 0 bridgehead atoms. The SMILES string of the molecule is CCCCCCOc1ccc(C(=O)Oc2cccc(NC(=O)CC)c2)cc1Br. The van der Waals surface area contributed by atoms with Gasteiger partial charge in [0.2, 0.25) is 5.91 Å². The molecule has 5 nitrogen and oxygen atoms in total. The van der Waals surface area contributed by atoms with Crippen molar-refractivity contribution in [2.24, 2.45) is 0 Å². The van der Waals surface area contributed by atoms with Crippen molar-refractivity contribution in [3.63, 3.8) is 0 Å². The van der Waals surface area contributed by atoms with Crippen molar-refractivity contribution in [1.29, 1.82) is 0 Å². The Balaban J connectivity index is 1.96. The molecule has 0 heterocycles. The summed E-state index contributed by atoms with van der Waals surface area (Å²) in [6.45, 7) is 4.60. The number of carbonyl (C=O) groups excluding carboxylic acids is 2. The molecule has 0 aromatic heterocycles. The highest BCUT2D eigenvalue weighted by atomic mass is 79.9. The van der Waals surface area contributed by atoms with Crippen molar-refractivity contribution in [3.05, 3.63) is 52.5 Å². The van der Waals surface area contributed by atoms with Crippen LogP contribution >= 0.6 is 15.9 Å². The molecule has 2 aromatic rings. The van der Waals surface area contributed by atoms with E-state index in [1.165, 1.54) is 12.8 Å². The molecule has 0 fully saturated rings. The van der Waals surface area contributed by atoms with Gasteiger partial charge in [0.05, 0.1) is 16.6 Å². The molecule has 6 heteroatoms. The van der Waals surface area contributed by atoms with Crippen LogP contribution in [-0.2, 0) is 4.79 Å². The first-order valence-electron chi connectivity index (χ1n) is 9.58. The maximum Gasteiger partial charge on any atom is 0.343 e. The highest BCUT2D eigenvalue weighted by molar-refractivity contribution is 9.10. The van der Waals surface area contributed by atoms with E-state index in [0.717, 1.165) is 12.8 Å². The van der Waals surface area contributed by atoms with E-state index in [1.54, 1.807) is 49.4 Å². The molecule has 2 rings (SSSR count). The molecule has 28 heavy (non-hydrogen) atoms. The summed E-state index contributed by atoms with van der Waals surface area (Å²) in [6.07, 6.45) is 4.93. The standard InChI is InChI=1S/C22H26BrNO4/c1-3-5-6-7-13-27-20-12-11-16(14-19(20)23)22(26)28-18-10-8-9-17(15-18)24-21(25)4-2/h8-12,14-15H,3-7,13H2,1-2H3,(H,24,25). The lowest BCUT2D eigenvalue weighted by atomic mass is 10.2. The molecule has 1 N–H and O–H groups in total. The third kappa shape index (κ3) is 7.00. The van der Waals surface area contributed by atoms with E-state index < -0.39 is 5.97 Å². The van der Waals surface area contributed by atoms with Gasteiger partial charge in [-0.15, -0.1) is 0 Å². The second kappa shape index (κ2) is 11.5. The summed E-state index contributed by atoms with van der Waals surface area (Å²) in [6, 6.07) is 11.9. The second-order valence-electron chi connectivity index (χ2n) is 6.37. The number of ether oxygens (including phenoxy) is 2. The summed E-state index contributed by atoms with van der Waals surface area (Å²) in [5.41, 5.74) is 0.998. The van der Waals surface area contributed by atoms with Gasteiger partial charge in [-0.1, -0.05) is 39.2 Å². The Bertz CT molecular complexity index is 807. The number of amides is 1. The van der Waals surface area contributed by atoms with E-state index in [2.05, 4.69) is 28.2 Å². The maximum atomic E-state index is 12.4. The predicted octanol–water partition coefficient (Wildman–Crippen LogP) is 5.98. The van der Waals surface area contributed by atoms with Crippen molar-refractivity contribution >= 4 is 33.5 Å². The maximum absolute atomic E-state index is 12.4. The molecule has 0 radical (unpaired) electrons. The van der Waals surface area contributed by atoms with Gasteiger partial charge < -0.3 is 14.8 Å². The highest BCUT2D eigenvalue weighted by Crippen LogP contribution is 2.27. The van der Waals surface area contributed by atoms with Gasteiger partial charge in [0, 0.05) is 18.2 Å². The number of unbranched alkanes of at least 4 members (excludes halogenated alkanes) is 3. The third-order valence-corrected chi connectivity index (χ3v) is 4.69. The van der Waals surface area contributed by atoms with Gasteiger partial charge in [-0.25, -0.2) is 4.79 Å². The Labute approximate surface area is 174 Å². The first kappa shape index (κ1) is 22.0. The zero-order valence-corrected chi connectivity index (χ0v) is 17.9. The summed E-state index contributed by atoms with van der Waals surface area (Å²) in [7, 11) is 0. The summed E-state index contributed by atoms with van der Waals surface area (Å²) >= 11 is 3.45. The average Bonchev–Trinajstić information content (AvgIpc) is 2.69. The van der Waals surface area contributed by atoms with Gasteiger partial charge in [0.15, 0.2) is 0 Å². The lowest BCUT2D eigenvalue weighted by molar-refractivity contribution is -0.115. The van der Waals surface area contributed by atoms with Crippen LogP contribution < -0.4 is 14.8 Å². The Hall–Kier alpha value is -2.34. The number of esters is 1. The summed E-state index contributed by atoms with van der Waals surface area (Å²) in [5.74, 6) is 0.496. The smallest absolute Gasteiger partial charge is 0.343 e. The Morgan fingerprint density at radius 1 is 1.04 bits per heavy atom. The highest BCUT2D eigenvalue weighted by Gasteiger charge is 2.12. The molecule has 0 unspecified atom stereocenters. The molecule has 0 atom stereocenters. The number of hydrogen-bond donors (Lipinski definition) is 1. The number of anilines is 1. The largest absolute Gasteiger partial charge is 0.492 e. The van der Waals surface area contributed by atoms with Crippen molar-refractivity contribution in [3.8, 4) is 11.5 Å². The minimum Gasteiger partial charge on any atom is -0.492 e. The van der Waals surface area contributed by atoms with Crippen LogP contribution in [0.5, 0.6) is 11.5 Å². The van der Waals surface area contributed by atoms with Gasteiger partial charge >= 0.3 is 5.97 Å². The summed E-state index contributed by atoms with van der Waals surface area (Å²) in [5, 5.41) is 2.74. The molecule has 0 saturated heterocycles. The molecule has 150 valence electrons. The van der Waals surface area contributed by atoms with Crippen LogP contribution in [0.2, 0.25) is 0 Å². The zero-order valence-electron chi connectivity index (χ0n) is 16.3. The van der Waals surface area contributed by atoms with E-state index >= 15 is 0 Å². The number of carbonyl (C=O) groups is 2. The number of hydrogen-bond acceptors (Lipinski definition) is 4. The second-order valence-corrected chi connectivity index (χ2v) is 7.23. The minimum atomic E-state index is -0.478. The Kier molecular flexibility index (Phi) is 9.01. The molecule has 0 saturated carbocycles. The summed E-state index contributed by atoms with van der Waals surface area (Å²) < 4.78 is 11.9. The van der Waals surface area contributed by atoms with E-state index in [1.807, 2.05) is 0 Å². The van der Waals surface area contributed by atoms with Crippen LogP contribution in [0, 0.1) is 0 Å². The van der Waals surface area contributed by atoms with Crippen LogP contribution in [0.15, 0.2) is 46.9 Å². The van der Waals surface area contributed by atoms with Gasteiger partial charge in [-0.2, -0.15) is 0 Å². The normalized spacial score (nSPS) is 10.4. The molecule has 2 aromatic carbocycles. The lowest BCUT2D eigenvalue weighted by Crippen LogP contribution is -2.11.